The SMILES string of the molecule is O[C@]1(CCNCCCCc2nc3c(C(F)(F)F)cc(C(F)(F)F)cc3[nH]2)C[C@@H]2CC[C@H]1C=C2c1ccccc1. The lowest BCUT2D eigenvalue weighted by atomic mass is 9.61. The van der Waals surface area contributed by atoms with Crippen LogP contribution in [0.15, 0.2) is 48.5 Å². The molecule has 0 amide bonds. The minimum Gasteiger partial charge on any atom is -0.389 e. The summed E-state index contributed by atoms with van der Waals surface area (Å²) in [4.78, 5) is 6.59. The zero-order chi connectivity index (χ0) is 27.8. The summed E-state index contributed by atoms with van der Waals surface area (Å²) in [6.07, 6.45) is -2.51. The van der Waals surface area contributed by atoms with E-state index in [1.165, 1.54) is 11.1 Å². The Morgan fingerprint density at radius 1 is 0.974 bits per heavy atom. The second-order valence-electron chi connectivity index (χ2n) is 10.7. The molecule has 0 unspecified atom stereocenters. The minimum atomic E-state index is -4.95. The Bertz CT molecular complexity index is 1330. The van der Waals surface area contributed by atoms with Crippen LogP contribution in [0.5, 0.6) is 0 Å². The molecular formula is C29H31F6N3O. The molecule has 0 radical (unpaired) electrons. The number of hydrogen-bond donors (Lipinski definition) is 3. The number of aromatic nitrogens is 2. The molecule has 210 valence electrons. The summed E-state index contributed by atoms with van der Waals surface area (Å²) < 4.78 is 79.4. The fourth-order valence-corrected chi connectivity index (χ4v) is 6.08. The van der Waals surface area contributed by atoms with E-state index in [4.69, 9.17) is 0 Å². The number of halogens is 6. The lowest BCUT2D eigenvalue weighted by Crippen LogP contribution is -2.47. The molecule has 0 saturated heterocycles. The summed E-state index contributed by atoms with van der Waals surface area (Å²) in [5.41, 5.74) is -1.68. The molecule has 4 nitrogen and oxygen atoms in total. The van der Waals surface area contributed by atoms with Gasteiger partial charge in [0, 0.05) is 12.3 Å². The van der Waals surface area contributed by atoms with Gasteiger partial charge in [0.2, 0.25) is 0 Å². The molecule has 3 aliphatic rings. The van der Waals surface area contributed by atoms with E-state index in [2.05, 4.69) is 33.5 Å². The van der Waals surface area contributed by atoms with Gasteiger partial charge in [0.05, 0.1) is 22.2 Å². The number of benzene rings is 2. The summed E-state index contributed by atoms with van der Waals surface area (Å²) >= 11 is 0. The first kappa shape index (κ1) is 27.7. The third-order valence-corrected chi connectivity index (χ3v) is 8.06. The van der Waals surface area contributed by atoms with Gasteiger partial charge in [-0.25, -0.2) is 4.98 Å². The molecule has 3 aromatic rings. The number of nitrogens with zero attached hydrogens (tertiary/aromatic N) is 1. The standard InChI is InChI=1S/C29H31F6N3O/c30-28(31,32)21-15-23(29(33,34)35)26-24(16-21)37-25(38-26)8-4-5-12-36-13-11-27(39)17-19-9-10-20(27)14-22(19)18-6-2-1-3-7-18/h1-3,6-7,14-16,19-20,36,39H,4-5,8-13,17H2,(H,37,38)/t19-,20-,27+/m0/s1. The molecule has 3 atom stereocenters. The topological polar surface area (TPSA) is 60.9 Å². The van der Waals surface area contributed by atoms with Crippen molar-refractivity contribution in [1.29, 1.82) is 0 Å². The van der Waals surface area contributed by atoms with Crippen molar-refractivity contribution in [2.75, 3.05) is 13.1 Å². The molecule has 0 aliphatic heterocycles. The van der Waals surface area contributed by atoms with Crippen LogP contribution in [0.25, 0.3) is 16.6 Å². The first-order valence-corrected chi connectivity index (χ1v) is 13.3. The highest BCUT2D eigenvalue weighted by atomic mass is 19.4. The fraction of sp³-hybridized carbons (Fsp3) is 0.483. The molecule has 1 saturated carbocycles. The van der Waals surface area contributed by atoms with Gasteiger partial charge in [-0.05, 0) is 80.8 Å². The number of aliphatic hydroxyl groups is 1. The van der Waals surface area contributed by atoms with Gasteiger partial charge in [0.25, 0.3) is 0 Å². The number of nitrogens with one attached hydrogen (secondary N) is 2. The van der Waals surface area contributed by atoms with E-state index in [1.54, 1.807) is 0 Å². The molecule has 2 aromatic carbocycles. The van der Waals surface area contributed by atoms with Gasteiger partial charge in [-0.3, -0.25) is 0 Å². The lowest BCUT2D eigenvalue weighted by molar-refractivity contribution is -0.142. The Morgan fingerprint density at radius 2 is 1.74 bits per heavy atom. The molecule has 3 N–H and O–H groups in total. The summed E-state index contributed by atoms with van der Waals surface area (Å²) in [7, 11) is 0. The number of rotatable bonds is 9. The number of imidazole rings is 1. The van der Waals surface area contributed by atoms with Crippen LogP contribution in [0.2, 0.25) is 0 Å². The fourth-order valence-electron chi connectivity index (χ4n) is 6.08. The summed E-state index contributed by atoms with van der Waals surface area (Å²) in [6.45, 7) is 1.30. The zero-order valence-corrected chi connectivity index (χ0v) is 21.3. The van der Waals surface area contributed by atoms with Gasteiger partial charge < -0.3 is 15.4 Å². The minimum absolute atomic E-state index is 0.112. The Morgan fingerprint density at radius 3 is 2.41 bits per heavy atom. The van der Waals surface area contributed by atoms with Crippen molar-refractivity contribution in [3.05, 3.63) is 71.1 Å². The maximum absolute atomic E-state index is 13.4. The highest BCUT2D eigenvalue weighted by Crippen LogP contribution is 2.51. The Kier molecular flexibility index (Phi) is 7.54. The van der Waals surface area contributed by atoms with E-state index in [1.807, 2.05) is 18.2 Å². The first-order valence-electron chi connectivity index (χ1n) is 13.3. The van der Waals surface area contributed by atoms with Crippen LogP contribution in [0, 0.1) is 11.8 Å². The summed E-state index contributed by atoms with van der Waals surface area (Å²) in [6, 6.07) is 11.1. The molecule has 1 heterocycles. The third kappa shape index (κ3) is 6.01. The highest BCUT2D eigenvalue weighted by molar-refractivity contribution is 5.80. The Labute approximate surface area is 222 Å². The molecular weight excluding hydrogens is 520 g/mol. The Hall–Kier alpha value is -2.85. The van der Waals surface area contributed by atoms with Crippen LogP contribution in [-0.2, 0) is 18.8 Å². The van der Waals surface area contributed by atoms with E-state index < -0.39 is 34.6 Å². The number of aromatic amines is 1. The number of fused-ring (bicyclic) bond motifs is 3. The second kappa shape index (κ2) is 10.6. The van der Waals surface area contributed by atoms with Crippen molar-refractivity contribution < 1.29 is 31.4 Å². The van der Waals surface area contributed by atoms with Crippen LogP contribution in [-0.4, -0.2) is 33.8 Å². The van der Waals surface area contributed by atoms with Crippen LogP contribution >= 0.6 is 0 Å². The van der Waals surface area contributed by atoms with E-state index in [-0.39, 0.29) is 23.3 Å². The maximum atomic E-state index is 13.4. The number of allylic oxidation sites excluding steroid dienone is 1. The molecule has 0 spiro atoms. The lowest BCUT2D eigenvalue weighted by Gasteiger charge is -2.48. The number of H-pyrrole nitrogens is 1. The third-order valence-electron chi connectivity index (χ3n) is 8.06. The summed E-state index contributed by atoms with van der Waals surface area (Å²) in [5.74, 6) is 0.715. The molecule has 39 heavy (non-hydrogen) atoms. The van der Waals surface area contributed by atoms with Crippen molar-refractivity contribution in [2.45, 2.75) is 62.9 Å². The second-order valence-corrected chi connectivity index (χ2v) is 10.7. The van der Waals surface area contributed by atoms with Crippen LogP contribution in [0.1, 0.15) is 61.0 Å². The quantitative estimate of drug-likeness (QED) is 0.196. The number of unbranched alkanes of at least 4 members (excludes halogenated alkanes) is 1. The average molecular weight is 552 g/mol. The van der Waals surface area contributed by atoms with E-state index in [9.17, 15) is 31.4 Å². The van der Waals surface area contributed by atoms with Gasteiger partial charge >= 0.3 is 12.4 Å². The summed E-state index contributed by atoms with van der Waals surface area (Å²) in [5, 5.41) is 14.7. The molecule has 6 rings (SSSR count). The van der Waals surface area contributed by atoms with E-state index >= 15 is 0 Å². The monoisotopic (exact) mass is 551 g/mol. The van der Waals surface area contributed by atoms with Crippen LogP contribution < -0.4 is 5.32 Å². The van der Waals surface area contributed by atoms with Crippen LogP contribution in [0.3, 0.4) is 0 Å². The van der Waals surface area contributed by atoms with E-state index in [0.717, 1.165) is 19.3 Å². The van der Waals surface area contributed by atoms with Crippen molar-refractivity contribution in [2.24, 2.45) is 11.8 Å². The molecule has 1 fully saturated rings. The predicted molar refractivity (Wildman–Crippen MR) is 137 cm³/mol. The Balaban J connectivity index is 1.11. The van der Waals surface area contributed by atoms with Crippen molar-refractivity contribution in [3.63, 3.8) is 0 Å². The predicted octanol–water partition coefficient (Wildman–Crippen LogP) is 7.15. The largest absolute Gasteiger partial charge is 0.418 e. The van der Waals surface area contributed by atoms with Gasteiger partial charge in [-0.2, -0.15) is 26.3 Å². The molecule has 1 aromatic heterocycles. The number of hydrogen-bond acceptors (Lipinski definition) is 3. The van der Waals surface area contributed by atoms with Crippen LogP contribution in [0.4, 0.5) is 26.3 Å². The normalized spacial score (nSPS) is 23.4. The maximum Gasteiger partial charge on any atom is 0.418 e. The van der Waals surface area contributed by atoms with Crippen molar-refractivity contribution >= 4 is 16.6 Å². The number of aryl methyl sites for hydroxylation is 1. The van der Waals surface area contributed by atoms with Crippen molar-refractivity contribution in [3.8, 4) is 0 Å². The average Bonchev–Trinajstić information content (AvgIpc) is 3.30. The van der Waals surface area contributed by atoms with Gasteiger partial charge in [0.15, 0.2) is 0 Å². The molecule has 2 bridgehead atoms. The number of alkyl halides is 6. The first-order chi connectivity index (χ1) is 18.4. The van der Waals surface area contributed by atoms with Gasteiger partial charge in [-0.15, -0.1) is 0 Å². The van der Waals surface area contributed by atoms with E-state index in [0.29, 0.717) is 50.8 Å². The zero-order valence-electron chi connectivity index (χ0n) is 21.3. The van der Waals surface area contributed by atoms with Gasteiger partial charge in [0.1, 0.15) is 11.3 Å². The highest BCUT2D eigenvalue weighted by Gasteiger charge is 2.46. The van der Waals surface area contributed by atoms with Gasteiger partial charge in [-0.1, -0.05) is 36.4 Å². The molecule has 3 aliphatic carbocycles. The smallest absolute Gasteiger partial charge is 0.389 e. The van der Waals surface area contributed by atoms with Crippen molar-refractivity contribution in [1.82, 2.24) is 15.3 Å². The molecule has 10 heteroatoms.